The minimum absolute atomic E-state index is 0.351. The number of benzene rings is 1. The number of ether oxygens (including phenoxy) is 1. The monoisotopic (exact) mass is 331 g/mol. The third-order valence-corrected chi connectivity index (χ3v) is 3.75. The van der Waals surface area contributed by atoms with Gasteiger partial charge in [0.2, 0.25) is 5.88 Å². The van der Waals surface area contributed by atoms with E-state index in [4.69, 9.17) is 16.3 Å². The Bertz CT molecular complexity index is 784. The van der Waals surface area contributed by atoms with Crippen molar-refractivity contribution in [3.05, 3.63) is 58.9 Å². The number of hydrogen-bond acceptors (Lipinski definition) is 4. The van der Waals surface area contributed by atoms with Crippen LogP contribution in [0.3, 0.4) is 0 Å². The van der Waals surface area contributed by atoms with Gasteiger partial charge in [-0.1, -0.05) is 23.7 Å². The molecule has 6 heteroatoms. The molecule has 2 heterocycles. The van der Waals surface area contributed by atoms with Crippen molar-refractivity contribution in [2.75, 3.05) is 0 Å². The van der Waals surface area contributed by atoms with E-state index in [1.54, 1.807) is 17.6 Å². The zero-order valence-electron chi connectivity index (χ0n) is 12.8. The molecule has 0 aliphatic heterocycles. The fourth-order valence-corrected chi connectivity index (χ4v) is 2.39. The van der Waals surface area contributed by atoms with Crippen LogP contribution in [0.15, 0.2) is 42.6 Å². The number of fused-ring (bicyclic) bond motifs is 1. The number of aliphatic hydroxyl groups excluding tert-OH is 1. The SMILES string of the molecule is CC(O)CCc1cc(OCc2ccc(Cl)cc2)n2nccc2n1. The third-order valence-electron chi connectivity index (χ3n) is 3.50. The molecule has 5 nitrogen and oxygen atoms in total. The van der Waals surface area contributed by atoms with Crippen LogP contribution in [0.1, 0.15) is 24.6 Å². The molecule has 0 bridgehead atoms. The highest BCUT2D eigenvalue weighted by atomic mass is 35.5. The Morgan fingerprint density at radius 2 is 2.04 bits per heavy atom. The van der Waals surface area contributed by atoms with Crippen molar-refractivity contribution in [1.82, 2.24) is 14.6 Å². The summed E-state index contributed by atoms with van der Waals surface area (Å²) < 4.78 is 7.57. The molecule has 0 amide bonds. The summed E-state index contributed by atoms with van der Waals surface area (Å²) in [7, 11) is 0. The van der Waals surface area contributed by atoms with Gasteiger partial charge < -0.3 is 9.84 Å². The summed E-state index contributed by atoms with van der Waals surface area (Å²) in [5.74, 6) is 0.635. The third kappa shape index (κ3) is 4.00. The maximum Gasteiger partial charge on any atom is 0.218 e. The lowest BCUT2D eigenvalue weighted by Gasteiger charge is -2.10. The molecular weight excluding hydrogens is 314 g/mol. The number of aryl methyl sites for hydroxylation is 1. The molecule has 1 unspecified atom stereocenters. The van der Waals surface area contributed by atoms with Gasteiger partial charge in [-0.05, 0) is 37.5 Å². The first kappa shape index (κ1) is 15.8. The van der Waals surface area contributed by atoms with Crippen molar-refractivity contribution in [1.29, 1.82) is 0 Å². The second-order valence-electron chi connectivity index (χ2n) is 5.49. The summed E-state index contributed by atoms with van der Waals surface area (Å²) in [5, 5.41) is 14.4. The molecule has 2 aromatic heterocycles. The molecule has 3 rings (SSSR count). The molecule has 1 atom stereocenters. The highest BCUT2D eigenvalue weighted by Crippen LogP contribution is 2.18. The molecule has 0 saturated heterocycles. The van der Waals surface area contributed by atoms with Crippen LogP contribution in [-0.2, 0) is 13.0 Å². The number of rotatable bonds is 6. The Morgan fingerprint density at radius 3 is 2.78 bits per heavy atom. The van der Waals surface area contributed by atoms with Crippen molar-refractivity contribution in [3.63, 3.8) is 0 Å². The summed E-state index contributed by atoms with van der Waals surface area (Å²) in [5.41, 5.74) is 2.64. The predicted octanol–water partition coefficient (Wildman–Crippen LogP) is 3.28. The first-order valence-corrected chi connectivity index (χ1v) is 7.88. The highest BCUT2D eigenvalue weighted by Gasteiger charge is 2.09. The molecule has 0 fully saturated rings. The average Bonchev–Trinajstić information content (AvgIpc) is 3.00. The van der Waals surface area contributed by atoms with E-state index in [0.717, 1.165) is 16.9 Å². The fraction of sp³-hybridized carbons (Fsp3) is 0.294. The average molecular weight is 332 g/mol. The van der Waals surface area contributed by atoms with Crippen molar-refractivity contribution >= 4 is 17.2 Å². The van der Waals surface area contributed by atoms with Gasteiger partial charge in [-0.15, -0.1) is 0 Å². The number of nitrogens with zero attached hydrogens (tertiary/aromatic N) is 3. The zero-order valence-corrected chi connectivity index (χ0v) is 13.6. The number of aromatic nitrogens is 3. The van der Waals surface area contributed by atoms with Gasteiger partial charge in [0.1, 0.15) is 6.61 Å². The Hall–Kier alpha value is -2.11. The van der Waals surface area contributed by atoms with Crippen LogP contribution in [0, 0.1) is 0 Å². The van der Waals surface area contributed by atoms with E-state index in [1.807, 2.05) is 36.4 Å². The Balaban J connectivity index is 1.80. The summed E-state index contributed by atoms with van der Waals surface area (Å²) in [6.45, 7) is 2.20. The summed E-state index contributed by atoms with van der Waals surface area (Å²) in [6.07, 6.45) is 2.69. The topological polar surface area (TPSA) is 59.7 Å². The van der Waals surface area contributed by atoms with Crippen molar-refractivity contribution in [3.8, 4) is 5.88 Å². The van der Waals surface area contributed by atoms with E-state index in [1.165, 1.54) is 0 Å². The van der Waals surface area contributed by atoms with Gasteiger partial charge in [0.25, 0.3) is 0 Å². The molecule has 1 N–H and O–H groups in total. The molecule has 1 aromatic carbocycles. The molecule has 0 aliphatic rings. The minimum Gasteiger partial charge on any atom is -0.473 e. The molecule has 3 aromatic rings. The van der Waals surface area contributed by atoms with Gasteiger partial charge in [0, 0.05) is 22.8 Å². The summed E-state index contributed by atoms with van der Waals surface area (Å²) >= 11 is 5.89. The van der Waals surface area contributed by atoms with E-state index < -0.39 is 0 Å². The molecule has 0 saturated carbocycles. The number of halogens is 1. The molecule has 0 spiro atoms. The maximum atomic E-state index is 9.44. The van der Waals surface area contributed by atoms with Gasteiger partial charge in [0.05, 0.1) is 12.3 Å². The Kier molecular flexibility index (Phi) is 4.79. The predicted molar refractivity (Wildman–Crippen MR) is 88.8 cm³/mol. The quantitative estimate of drug-likeness (QED) is 0.753. The van der Waals surface area contributed by atoms with E-state index >= 15 is 0 Å². The van der Waals surface area contributed by atoms with Crippen LogP contribution < -0.4 is 4.74 Å². The van der Waals surface area contributed by atoms with Crippen LogP contribution in [-0.4, -0.2) is 25.8 Å². The van der Waals surface area contributed by atoms with Crippen LogP contribution in [0.25, 0.3) is 5.65 Å². The van der Waals surface area contributed by atoms with Crippen molar-refractivity contribution in [2.24, 2.45) is 0 Å². The maximum absolute atomic E-state index is 9.44. The van der Waals surface area contributed by atoms with E-state index in [9.17, 15) is 5.11 Å². The van der Waals surface area contributed by atoms with Gasteiger partial charge in [-0.3, -0.25) is 0 Å². The van der Waals surface area contributed by atoms with Crippen molar-refractivity contribution in [2.45, 2.75) is 32.5 Å². The zero-order chi connectivity index (χ0) is 16.2. The normalized spacial score (nSPS) is 12.5. The minimum atomic E-state index is -0.351. The largest absolute Gasteiger partial charge is 0.473 e. The standard InChI is InChI=1S/C17H18ClN3O2/c1-12(22)2-7-15-10-17(21-16(20-15)8-9-19-21)23-11-13-3-5-14(18)6-4-13/h3-6,8-10,12,22H,2,7,11H2,1H3. The van der Waals surface area contributed by atoms with Crippen LogP contribution in [0.2, 0.25) is 5.02 Å². The lowest BCUT2D eigenvalue weighted by Crippen LogP contribution is -2.07. The van der Waals surface area contributed by atoms with Crippen LogP contribution in [0.5, 0.6) is 5.88 Å². The van der Waals surface area contributed by atoms with Gasteiger partial charge in [-0.25, -0.2) is 4.98 Å². The van der Waals surface area contributed by atoms with E-state index in [0.29, 0.717) is 30.4 Å². The summed E-state index contributed by atoms with van der Waals surface area (Å²) in [6, 6.07) is 11.2. The lowest BCUT2D eigenvalue weighted by atomic mass is 10.1. The molecule has 120 valence electrons. The molecule has 0 radical (unpaired) electrons. The van der Waals surface area contributed by atoms with Crippen LogP contribution in [0.4, 0.5) is 0 Å². The number of hydrogen-bond donors (Lipinski definition) is 1. The molecule has 23 heavy (non-hydrogen) atoms. The van der Waals surface area contributed by atoms with Gasteiger partial charge >= 0.3 is 0 Å². The van der Waals surface area contributed by atoms with Gasteiger partial charge in [-0.2, -0.15) is 9.61 Å². The van der Waals surface area contributed by atoms with E-state index in [2.05, 4.69) is 10.1 Å². The lowest BCUT2D eigenvalue weighted by molar-refractivity contribution is 0.184. The van der Waals surface area contributed by atoms with Crippen molar-refractivity contribution < 1.29 is 9.84 Å². The van der Waals surface area contributed by atoms with Crippen LogP contribution >= 0.6 is 11.6 Å². The first-order chi connectivity index (χ1) is 11.1. The van der Waals surface area contributed by atoms with Gasteiger partial charge in [0.15, 0.2) is 5.65 Å². The fourth-order valence-electron chi connectivity index (χ4n) is 2.26. The number of aliphatic hydroxyl groups is 1. The smallest absolute Gasteiger partial charge is 0.218 e. The Morgan fingerprint density at radius 1 is 1.26 bits per heavy atom. The molecular formula is C17H18ClN3O2. The Labute approximate surface area is 139 Å². The summed E-state index contributed by atoms with van der Waals surface area (Å²) in [4.78, 5) is 4.53. The molecule has 0 aliphatic carbocycles. The highest BCUT2D eigenvalue weighted by molar-refractivity contribution is 6.30. The second kappa shape index (κ2) is 6.98. The first-order valence-electron chi connectivity index (χ1n) is 7.51. The van der Waals surface area contributed by atoms with E-state index in [-0.39, 0.29) is 6.10 Å². The second-order valence-corrected chi connectivity index (χ2v) is 5.93.